The van der Waals surface area contributed by atoms with Crippen LogP contribution in [-0.2, 0) is 11.3 Å². The molecule has 0 radical (unpaired) electrons. The molecule has 1 rings (SSSR count). The van der Waals surface area contributed by atoms with Crippen molar-refractivity contribution in [3.8, 4) is 0 Å². The largest absolute Gasteiger partial charge is 0.341 e. The Kier molecular flexibility index (Phi) is 6.21. The fourth-order valence-electron chi connectivity index (χ4n) is 2.19. The summed E-state index contributed by atoms with van der Waals surface area (Å²) in [6.07, 6.45) is 1.26. The van der Waals surface area contributed by atoms with Crippen LogP contribution in [0.2, 0.25) is 0 Å². The zero-order chi connectivity index (χ0) is 15.3. The Morgan fingerprint density at radius 3 is 2.35 bits per heavy atom. The average Bonchev–Trinajstić information content (AvgIpc) is 2.29. The van der Waals surface area contributed by atoms with Crippen LogP contribution in [0.4, 0.5) is 0 Å². The van der Waals surface area contributed by atoms with Crippen molar-refractivity contribution in [1.82, 2.24) is 4.90 Å². The minimum Gasteiger partial charge on any atom is -0.341 e. The van der Waals surface area contributed by atoms with Gasteiger partial charge in [0.2, 0.25) is 5.91 Å². The van der Waals surface area contributed by atoms with Crippen LogP contribution in [-0.4, -0.2) is 23.9 Å². The second-order valence-electron chi connectivity index (χ2n) is 6.61. The van der Waals surface area contributed by atoms with Gasteiger partial charge < -0.3 is 10.6 Å². The molecule has 0 aliphatic carbocycles. The third-order valence-corrected chi connectivity index (χ3v) is 3.60. The fraction of sp³-hybridized carbons (Fsp3) is 0.562. The zero-order valence-corrected chi connectivity index (χ0v) is 14.4. The van der Waals surface area contributed by atoms with Crippen LogP contribution >= 0.6 is 15.9 Å². The van der Waals surface area contributed by atoms with Gasteiger partial charge in [-0.25, -0.2) is 0 Å². The first kappa shape index (κ1) is 17.2. The summed E-state index contributed by atoms with van der Waals surface area (Å²) in [6.45, 7) is 7.04. The molecule has 0 saturated carbocycles. The quantitative estimate of drug-likeness (QED) is 0.890. The molecule has 0 heterocycles. The summed E-state index contributed by atoms with van der Waals surface area (Å²) >= 11 is 3.40. The lowest BCUT2D eigenvalue weighted by Crippen LogP contribution is -2.35. The predicted octanol–water partition coefficient (Wildman–Crippen LogP) is 3.56. The molecule has 20 heavy (non-hydrogen) atoms. The van der Waals surface area contributed by atoms with Gasteiger partial charge in [-0.3, -0.25) is 4.79 Å². The van der Waals surface area contributed by atoms with Crippen LogP contribution in [0, 0.1) is 5.41 Å². The molecular weight excluding hydrogens is 316 g/mol. The Bertz CT molecular complexity index is 437. The van der Waals surface area contributed by atoms with Gasteiger partial charge in [-0.1, -0.05) is 48.8 Å². The van der Waals surface area contributed by atoms with Crippen LogP contribution in [0.25, 0.3) is 0 Å². The summed E-state index contributed by atoms with van der Waals surface area (Å²) < 4.78 is 1.04. The van der Waals surface area contributed by atoms with Crippen molar-refractivity contribution in [2.45, 2.75) is 46.2 Å². The van der Waals surface area contributed by atoms with E-state index in [0.717, 1.165) is 16.5 Å². The van der Waals surface area contributed by atoms with Crippen molar-refractivity contribution in [3.05, 3.63) is 34.3 Å². The van der Waals surface area contributed by atoms with Gasteiger partial charge >= 0.3 is 0 Å². The number of carbonyl (C=O) groups excluding carboxylic acids is 1. The summed E-state index contributed by atoms with van der Waals surface area (Å²) in [5.74, 6) is 0.102. The zero-order valence-electron chi connectivity index (χ0n) is 12.8. The van der Waals surface area contributed by atoms with Gasteiger partial charge in [-0.2, -0.15) is 0 Å². The first-order valence-corrected chi connectivity index (χ1v) is 7.71. The maximum Gasteiger partial charge on any atom is 0.224 e. The van der Waals surface area contributed by atoms with Crippen molar-refractivity contribution in [2.24, 2.45) is 11.1 Å². The molecule has 0 bridgehead atoms. The molecular formula is C16H25BrN2O. The Hall–Kier alpha value is -0.870. The van der Waals surface area contributed by atoms with Crippen molar-refractivity contribution in [3.63, 3.8) is 0 Å². The number of benzene rings is 1. The van der Waals surface area contributed by atoms with E-state index in [2.05, 4.69) is 36.7 Å². The lowest BCUT2D eigenvalue weighted by molar-refractivity contribution is -0.130. The molecule has 2 N–H and O–H groups in total. The predicted molar refractivity (Wildman–Crippen MR) is 87.3 cm³/mol. The molecule has 0 spiro atoms. The van der Waals surface area contributed by atoms with Crippen molar-refractivity contribution in [1.29, 1.82) is 0 Å². The Morgan fingerprint density at radius 1 is 1.30 bits per heavy atom. The monoisotopic (exact) mass is 340 g/mol. The van der Waals surface area contributed by atoms with E-state index >= 15 is 0 Å². The minimum atomic E-state index is -0.0742. The third kappa shape index (κ3) is 6.53. The SMILES string of the molecule is CN(Cc1ccc(Br)cc1)C(=O)CC(N)CC(C)(C)C. The summed E-state index contributed by atoms with van der Waals surface area (Å²) in [7, 11) is 1.83. The molecule has 0 saturated heterocycles. The van der Waals surface area contributed by atoms with Gasteiger partial charge in [0, 0.05) is 30.5 Å². The molecule has 0 aliphatic rings. The highest BCUT2D eigenvalue weighted by Gasteiger charge is 2.19. The smallest absolute Gasteiger partial charge is 0.224 e. The average molecular weight is 341 g/mol. The van der Waals surface area contributed by atoms with E-state index < -0.39 is 0 Å². The number of amides is 1. The van der Waals surface area contributed by atoms with Crippen LogP contribution in [0.3, 0.4) is 0 Å². The first-order valence-electron chi connectivity index (χ1n) is 6.91. The Labute approximate surface area is 130 Å². The third-order valence-electron chi connectivity index (χ3n) is 3.07. The molecule has 4 heteroatoms. The number of halogens is 1. The Morgan fingerprint density at radius 2 is 1.85 bits per heavy atom. The molecule has 112 valence electrons. The van der Waals surface area contributed by atoms with Gasteiger partial charge in [0.25, 0.3) is 0 Å². The number of nitrogens with zero attached hydrogens (tertiary/aromatic N) is 1. The number of rotatable bonds is 5. The highest BCUT2D eigenvalue weighted by Crippen LogP contribution is 2.21. The molecule has 0 aromatic heterocycles. The maximum atomic E-state index is 12.1. The molecule has 1 amide bonds. The number of hydrogen-bond donors (Lipinski definition) is 1. The van der Waals surface area contributed by atoms with Crippen LogP contribution in [0.5, 0.6) is 0 Å². The Balaban J connectivity index is 2.48. The van der Waals surface area contributed by atoms with Gasteiger partial charge in [-0.15, -0.1) is 0 Å². The molecule has 1 aromatic rings. The van der Waals surface area contributed by atoms with Crippen LogP contribution in [0.15, 0.2) is 28.7 Å². The summed E-state index contributed by atoms with van der Waals surface area (Å²) in [6, 6.07) is 7.93. The molecule has 0 aliphatic heterocycles. The van der Waals surface area contributed by atoms with E-state index in [-0.39, 0.29) is 17.4 Å². The lowest BCUT2D eigenvalue weighted by Gasteiger charge is -2.25. The summed E-state index contributed by atoms with van der Waals surface area (Å²) in [5, 5.41) is 0. The van der Waals surface area contributed by atoms with Crippen molar-refractivity contribution in [2.75, 3.05) is 7.05 Å². The highest BCUT2D eigenvalue weighted by atomic mass is 79.9. The van der Waals surface area contributed by atoms with E-state index in [0.29, 0.717) is 13.0 Å². The topological polar surface area (TPSA) is 46.3 Å². The maximum absolute atomic E-state index is 12.1. The molecule has 1 aromatic carbocycles. The number of nitrogens with two attached hydrogens (primary N) is 1. The first-order chi connectivity index (χ1) is 9.17. The lowest BCUT2D eigenvalue weighted by atomic mass is 9.87. The van der Waals surface area contributed by atoms with Gasteiger partial charge in [0.1, 0.15) is 0 Å². The van der Waals surface area contributed by atoms with Gasteiger partial charge in [0.05, 0.1) is 0 Å². The highest BCUT2D eigenvalue weighted by molar-refractivity contribution is 9.10. The normalized spacial score (nSPS) is 13.1. The fourth-order valence-corrected chi connectivity index (χ4v) is 2.46. The van der Waals surface area contributed by atoms with Crippen molar-refractivity contribution >= 4 is 21.8 Å². The second-order valence-corrected chi connectivity index (χ2v) is 7.52. The van der Waals surface area contributed by atoms with E-state index in [1.165, 1.54) is 0 Å². The van der Waals surface area contributed by atoms with Gasteiger partial charge in [0.15, 0.2) is 0 Å². The van der Waals surface area contributed by atoms with Crippen LogP contribution in [0.1, 0.15) is 39.2 Å². The minimum absolute atomic E-state index is 0.0742. The van der Waals surface area contributed by atoms with E-state index in [1.807, 2.05) is 31.3 Å². The van der Waals surface area contributed by atoms with Gasteiger partial charge in [-0.05, 0) is 29.5 Å². The van der Waals surface area contributed by atoms with E-state index in [9.17, 15) is 4.79 Å². The molecule has 1 unspecified atom stereocenters. The summed E-state index contributed by atoms with van der Waals surface area (Å²) in [5.41, 5.74) is 7.33. The molecule has 3 nitrogen and oxygen atoms in total. The number of carbonyl (C=O) groups is 1. The molecule has 0 fully saturated rings. The van der Waals surface area contributed by atoms with Crippen LogP contribution < -0.4 is 5.73 Å². The number of hydrogen-bond acceptors (Lipinski definition) is 2. The van der Waals surface area contributed by atoms with E-state index in [1.54, 1.807) is 4.90 Å². The van der Waals surface area contributed by atoms with E-state index in [4.69, 9.17) is 5.73 Å². The summed E-state index contributed by atoms with van der Waals surface area (Å²) in [4.78, 5) is 13.9. The second kappa shape index (κ2) is 7.23. The standard InChI is InChI=1S/C16H25BrN2O/c1-16(2,3)10-14(18)9-15(20)19(4)11-12-5-7-13(17)8-6-12/h5-8,14H,9-11,18H2,1-4H3. The molecule has 1 atom stereocenters. The van der Waals surface area contributed by atoms with Crippen molar-refractivity contribution < 1.29 is 4.79 Å².